The smallest absolute Gasteiger partial charge is 0.0596 e. The highest BCUT2D eigenvalue weighted by molar-refractivity contribution is 7.10. The maximum absolute atomic E-state index is 9.24. The van der Waals surface area contributed by atoms with E-state index in [4.69, 9.17) is 5.73 Å². The monoisotopic (exact) mass is 254 g/mol. The van der Waals surface area contributed by atoms with E-state index in [9.17, 15) is 5.11 Å². The third-order valence-electron chi connectivity index (χ3n) is 3.44. The van der Waals surface area contributed by atoms with Gasteiger partial charge < -0.3 is 10.8 Å². The molecule has 96 valence electrons. The van der Waals surface area contributed by atoms with Crippen molar-refractivity contribution < 1.29 is 5.11 Å². The van der Waals surface area contributed by atoms with E-state index in [1.807, 2.05) is 0 Å². The van der Waals surface area contributed by atoms with Crippen molar-refractivity contribution in [3.8, 4) is 0 Å². The molecule has 0 spiro atoms. The van der Waals surface area contributed by atoms with Gasteiger partial charge >= 0.3 is 0 Å². The Balaban J connectivity index is 2.18. The van der Waals surface area contributed by atoms with Crippen LogP contribution in [0, 0.1) is 0 Å². The van der Waals surface area contributed by atoms with Crippen molar-refractivity contribution in [3.63, 3.8) is 0 Å². The summed E-state index contributed by atoms with van der Waals surface area (Å²) in [5.74, 6) is 0. The highest BCUT2D eigenvalue weighted by atomic mass is 32.1. The molecule has 3 nitrogen and oxygen atoms in total. The summed E-state index contributed by atoms with van der Waals surface area (Å²) in [6, 6.07) is 5.31. The van der Waals surface area contributed by atoms with E-state index >= 15 is 0 Å². The van der Waals surface area contributed by atoms with Gasteiger partial charge in [-0.1, -0.05) is 13.0 Å². The van der Waals surface area contributed by atoms with E-state index in [0.29, 0.717) is 6.04 Å². The zero-order chi connectivity index (χ0) is 12.3. The van der Waals surface area contributed by atoms with Crippen LogP contribution in [-0.4, -0.2) is 35.2 Å². The fraction of sp³-hybridized carbons (Fsp3) is 0.692. The van der Waals surface area contributed by atoms with Crippen LogP contribution >= 0.6 is 11.3 Å². The average Bonchev–Trinajstić information content (AvgIpc) is 3.05. The largest absolute Gasteiger partial charge is 0.395 e. The fourth-order valence-electron chi connectivity index (χ4n) is 2.37. The summed E-state index contributed by atoms with van der Waals surface area (Å²) in [7, 11) is 0. The quantitative estimate of drug-likeness (QED) is 0.782. The van der Waals surface area contributed by atoms with Crippen LogP contribution in [-0.2, 0) is 0 Å². The molecule has 0 aliphatic heterocycles. The molecule has 0 aromatic carbocycles. The van der Waals surface area contributed by atoms with Gasteiger partial charge in [-0.05, 0) is 30.7 Å². The lowest BCUT2D eigenvalue weighted by Gasteiger charge is -2.34. The molecule has 0 saturated heterocycles. The summed E-state index contributed by atoms with van der Waals surface area (Å²) in [6.07, 6.45) is 3.47. The topological polar surface area (TPSA) is 49.5 Å². The second-order valence-electron chi connectivity index (χ2n) is 4.72. The van der Waals surface area contributed by atoms with Gasteiger partial charge in [-0.15, -0.1) is 11.3 Å². The molecule has 2 unspecified atom stereocenters. The lowest BCUT2D eigenvalue weighted by atomic mass is 10.0. The second-order valence-corrected chi connectivity index (χ2v) is 5.70. The molecular formula is C13H22N2OS. The van der Waals surface area contributed by atoms with Gasteiger partial charge in [0, 0.05) is 23.5 Å². The Morgan fingerprint density at radius 3 is 2.82 bits per heavy atom. The Morgan fingerprint density at radius 2 is 2.35 bits per heavy atom. The maximum atomic E-state index is 9.24. The molecule has 1 aliphatic carbocycles. The Morgan fingerprint density at radius 1 is 1.59 bits per heavy atom. The van der Waals surface area contributed by atoms with E-state index in [-0.39, 0.29) is 18.7 Å². The van der Waals surface area contributed by atoms with Crippen LogP contribution in [0.1, 0.15) is 37.1 Å². The minimum absolute atomic E-state index is 0.154. The third-order valence-corrected chi connectivity index (χ3v) is 4.39. The highest BCUT2D eigenvalue weighted by Gasteiger charge is 2.36. The minimum Gasteiger partial charge on any atom is -0.395 e. The first-order valence-corrected chi connectivity index (χ1v) is 7.31. The summed E-state index contributed by atoms with van der Waals surface area (Å²) in [6.45, 7) is 3.09. The van der Waals surface area contributed by atoms with Crippen molar-refractivity contribution in [1.82, 2.24) is 4.90 Å². The molecule has 0 radical (unpaired) electrons. The highest BCUT2D eigenvalue weighted by Crippen LogP contribution is 2.37. The van der Waals surface area contributed by atoms with E-state index < -0.39 is 0 Å². The van der Waals surface area contributed by atoms with Crippen molar-refractivity contribution in [2.45, 2.75) is 44.3 Å². The summed E-state index contributed by atoms with van der Waals surface area (Å²) >= 11 is 1.77. The number of hydrogen-bond acceptors (Lipinski definition) is 4. The molecule has 1 aromatic rings. The number of aliphatic hydroxyl groups is 1. The Bertz CT molecular complexity index is 324. The van der Waals surface area contributed by atoms with Gasteiger partial charge in [0.15, 0.2) is 0 Å². The van der Waals surface area contributed by atoms with Crippen LogP contribution in [0.3, 0.4) is 0 Å². The lowest BCUT2D eigenvalue weighted by molar-refractivity contribution is 0.126. The SMILES string of the molecule is CCC(N)C(c1cccs1)N(CCO)C1CC1. The van der Waals surface area contributed by atoms with Crippen molar-refractivity contribution in [1.29, 1.82) is 0 Å². The number of rotatable bonds is 7. The molecule has 1 heterocycles. The zero-order valence-electron chi connectivity index (χ0n) is 10.4. The molecule has 1 aliphatic rings. The first-order chi connectivity index (χ1) is 8.27. The van der Waals surface area contributed by atoms with Gasteiger partial charge in [0.05, 0.1) is 12.6 Å². The van der Waals surface area contributed by atoms with E-state index in [1.54, 1.807) is 11.3 Å². The molecule has 1 fully saturated rings. The van der Waals surface area contributed by atoms with Crippen molar-refractivity contribution in [2.75, 3.05) is 13.2 Å². The normalized spacial score (nSPS) is 19.5. The van der Waals surface area contributed by atoms with Crippen LogP contribution in [0.2, 0.25) is 0 Å². The number of hydrogen-bond donors (Lipinski definition) is 2. The van der Waals surface area contributed by atoms with Crippen molar-refractivity contribution >= 4 is 11.3 Å². The van der Waals surface area contributed by atoms with Gasteiger partial charge in [-0.25, -0.2) is 0 Å². The molecule has 1 aromatic heterocycles. The predicted molar refractivity (Wildman–Crippen MR) is 72.1 cm³/mol. The van der Waals surface area contributed by atoms with E-state index in [0.717, 1.165) is 13.0 Å². The minimum atomic E-state index is 0.154. The van der Waals surface area contributed by atoms with Crippen molar-refractivity contribution in [3.05, 3.63) is 22.4 Å². The van der Waals surface area contributed by atoms with Crippen molar-refractivity contribution in [2.24, 2.45) is 5.73 Å². The number of aliphatic hydroxyl groups excluding tert-OH is 1. The van der Waals surface area contributed by atoms with Crippen LogP contribution in [0.25, 0.3) is 0 Å². The summed E-state index contributed by atoms with van der Waals surface area (Å²) < 4.78 is 0. The van der Waals surface area contributed by atoms with Gasteiger partial charge in [0.2, 0.25) is 0 Å². The van der Waals surface area contributed by atoms with E-state index in [2.05, 4.69) is 29.3 Å². The first-order valence-electron chi connectivity index (χ1n) is 6.43. The standard InChI is InChI=1S/C13H22N2OS/c1-2-11(14)13(12-4-3-9-17-12)15(7-8-16)10-5-6-10/h3-4,9-11,13,16H,2,5-8,14H2,1H3. The third kappa shape index (κ3) is 3.07. The molecule has 17 heavy (non-hydrogen) atoms. The van der Waals surface area contributed by atoms with Crippen LogP contribution in [0.4, 0.5) is 0 Å². The lowest BCUT2D eigenvalue weighted by Crippen LogP contribution is -2.43. The number of nitrogens with zero attached hydrogens (tertiary/aromatic N) is 1. The Kier molecular flexibility index (Phi) is 4.56. The van der Waals surface area contributed by atoms with Crippen LogP contribution < -0.4 is 5.73 Å². The summed E-state index contributed by atoms with van der Waals surface area (Å²) in [5, 5.41) is 11.3. The van der Waals surface area contributed by atoms with Crippen LogP contribution in [0.15, 0.2) is 17.5 Å². The Labute approximate surface area is 107 Å². The number of thiophene rings is 1. The molecule has 4 heteroatoms. The Hall–Kier alpha value is -0.420. The molecule has 2 atom stereocenters. The van der Waals surface area contributed by atoms with Crippen LogP contribution in [0.5, 0.6) is 0 Å². The number of nitrogens with two attached hydrogens (primary N) is 1. The molecule has 0 amide bonds. The molecule has 2 rings (SSSR count). The second kappa shape index (κ2) is 5.96. The maximum Gasteiger partial charge on any atom is 0.0596 e. The van der Waals surface area contributed by atoms with Gasteiger partial charge in [-0.3, -0.25) is 4.90 Å². The average molecular weight is 254 g/mol. The summed E-state index contributed by atoms with van der Waals surface area (Å²) in [4.78, 5) is 3.74. The fourth-order valence-corrected chi connectivity index (χ4v) is 3.29. The summed E-state index contributed by atoms with van der Waals surface area (Å²) in [5.41, 5.74) is 6.29. The molecule has 3 N–H and O–H groups in total. The molecule has 0 bridgehead atoms. The molecular weight excluding hydrogens is 232 g/mol. The van der Waals surface area contributed by atoms with Gasteiger partial charge in [0.1, 0.15) is 0 Å². The van der Waals surface area contributed by atoms with Gasteiger partial charge in [-0.2, -0.15) is 0 Å². The first kappa shape index (κ1) is 13.0. The van der Waals surface area contributed by atoms with E-state index in [1.165, 1.54) is 17.7 Å². The zero-order valence-corrected chi connectivity index (χ0v) is 11.2. The predicted octanol–water partition coefficient (Wildman–Crippen LogP) is 1.98. The van der Waals surface area contributed by atoms with Gasteiger partial charge in [0.25, 0.3) is 0 Å². The molecule has 1 saturated carbocycles.